The van der Waals surface area contributed by atoms with Gasteiger partial charge in [-0.05, 0) is 36.4 Å². The molecule has 0 radical (unpaired) electrons. The lowest BCUT2D eigenvalue weighted by atomic mass is 10.1. The molecule has 4 aromatic rings. The quantitative estimate of drug-likeness (QED) is 0.594. The van der Waals surface area contributed by atoms with Gasteiger partial charge < -0.3 is 5.73 Å². The van der Waals surface area contributed by atoms with Crippen molar-refractivity contribution in [1.29, 1.82) is 5.26 Å². The normalized spacial score (nSPS) is 10.6. The maximum Gasteiger partial charge on any atom is 0.259 e. The van der Waals surface area contributed by atoms with Gasteiger partial charge in [-0.15, -0.1) is 0 Å². The van der Waals surface area contributed by atoms with Crippen LogP contribution in [-0.4, -0.2) is 32.5 Å². The molecule has 0 aliphatic carbocycles. The van der Waals surface area contributed by atoms with Gasteiger partial charge in [0.1, 0.15) is 17.7 Å². The van der Waals surface area contributed by atoms with Gasteiger partial charge in [0, 0.05) is 42.3 Å². The fourth-order valence-corrected chi connectivity index (χ4v) is 2.85. The monoisotopic (exact) mass is 369 g/mol. The van der Waals surface area contributed by atoms with Crippen LogP contribution >= 0.6 is 0 Å². The zero-order valence-corrected chi connectivity index (χ0v) is 14.9. The van der Waals surface area contributed by atoms with Crippen molar-refractivity contribution in [3.63, 3.8) is 0 Å². The largest absolute Gasteiger partial charge is 0.384 e. The van der Waals surface area contributed by atoms with Crippen molar-refractivity contribution in [2.24, 2.45) is 0 Å². The molecule has 0 aliphatic rings. The molecule has 0 bridgehead atoms. The molecule has 0 aliphatic heterocycles. The van der Waals surface area contributed by atoms with Gasteiger partial charge in [0.15, 0.2) is 0 Å². The second-order valence-electron chi connectivity index (χ2n) is 6.16. The first-order valence-corrected chi connectivity index (χ1v) is 8.40. The lowest BCUT2D eigenvalue weighted by Gasteiger charge is -2.16. The standard InChI is InChI=1S/C20H15N7O/c1-26(19-5-2-13(9-21)10-24-19)20(28)14-6-7-27-17(8-14)16(12-25-27)15-3-4-18(22)23-11-15/h2-8,10-12H,1H3,(H2,22,23). The Kier molecular flexibility index (Phi) is 4.18. The average Bonchev–Trinajstić information content (AvgIpc) is 3.16. The van der Waals surface area contributed by atoms with Crippen LogP contribution in [0.4, 0.5) is 11.6 Å². The summed E-state index contributed by atoms with van der Waals surface area (Å²) in [5, 5.41) is 13.2. The Labute approximate surface area is 160 Å². The summed E-state index contributed by atoms with van der Waals surface area (Å²) in [7, 11) is 1.64. The number of nitrogens with two attached hydrogens (primary N) is 1. The van der Waals surface area contributed by atoms with E-state index < -0.39 is 0 Å². The minimum Gasteiger partial charge on any atom is -0.384 e. The van der Waals surface area contributed by atoms with Gasteiger partial charge in [0.2, 0.25) is 0 Å². The van der Waals surface area contributed by atoms with E-state index in [9.17, 15) is 4.79 Å². The van der Waals surface area contributed by atoms with E-state index in [4.69, 9.17) is 11.0 Å². The highest BCUT2D eigenvalue weighted by Gasteiger charge is 2.17. The molecule has 1 amide bonds. The first kappa shape index (κ1) is 17.2. The Hall–Kier alpha value is -4.25. The molecule has 0 aromatic carbocycles. The summed E-state index contributed by atoms with van der Waals surface area (Å²) in [5.41, 5.74) is 9.07. The SMILES string of the molecule is CN(C(=O)c1ccn2ncc(-c3ccc(N)nc3)c2c1)c1ccc(C#N)cn1. The molecule has 0 fully saturated rings. The van der Waals surface area contributed by atoms with Crippen molar-refractivity contribution >= 4 is 23.1 Å². The first-order chi connectivity index (χ1) is 13.6. The van der Waals surface area contributed by atoms with Crippen LogP contribution in [0.5, 0.6) is 0 Å². The number of carbonyl (C=O) groups is 1. The second-order valence-corrected chi connectivity index (χ2v) is 6.16. The van der Waals surface area contributed by atoms with E-state index in [-0.39, 0.29) is 5.91 Å². The topological polar surface area (TPSA) is 113 Å². The van der Waals surface area contributed by atoms with Crippen molar-refractivity contribution in [1.82, 2.24) is 19.6 Å². The summed E-state index contributed by atoms with van der Waals surface area (Å²) in [6.07, 6.45) is 6.57. The van der Waals surface area contributed by atoms with E-state index in [1.807, 2.05) is 12.1 Å². The summed E-state index contributed by atoms with van der Waals surface area (Å²) in [6, 6.07) is 12.3. The third-order valence-electron chi connectivity index (χ3n) is 4.39. The number of amides is 1. The van der Waals surface area contributed by atoms with Gasteiger partial charge >= 0.3 is 0 Å². The zero-order valence-electron chi connectivity index (χ0n) is 14.9. The Morgan fingerprint density at radius 3 is 2.68 bits per heavy atom. The summed E-state index contributed by atoms with van der Waals surface area (Å²) < 4.78 is 1.70. The molecule has 8 heteroatoms. The van der Waals surface area contributed by atoms with Crippen molar-refractivity contribution < 1.29 is 4.79 Å². The molecule has 0 unspecified atom stereocenters. The van der Waals surface area contributed by atoms with E-state index in [2.05, 4.69) is 15.1 Å². The molecular weight excluding hydrogens is 354 g/mol. The molecule has 0 saturated carbocycles. The number of nitrogens with zero attached hydrogens (tertiary/aromatic N) is 6. The molecule has 4 heterocycles. The lowest BCUT2D eigenvalue weighted by molar-refractivity contribution is 0.0992. The van der Waals surface area contributed by atoms with Gasteiger partial charge in [0.25, 0.3) is 5.91 Å². The summed E-state index contributed by atoms with van der Waals surface area (Å²) in [5.74, 6) is 0.676. The number of hydrogen-bond acceptors (Lipinski definition) is 6. The Morgan fingerprint density at radius 1 is 1.14 bits per heavy atom. The molecule has 2 N–H and O–H groups in total. The van der Waals surface area contributed by atoms with Gasteiger partial charge in [-0.1, -0.05) is 0 Å². The van der Waals surface area contributed by atoms with Crippen LogP contribution in [0.3, 0.4) is 0 Å². The Morgan fingerprint density at radius 2 is 2.00 bits per heavy atom. The highest BCUT2D eigenvalue weighted by atomic mass is 16.2. The Bertz CT molecular complexity index is 1200. The molecule has 0 spiro atoms. The van der Waals surface area contributed by atoms with Gasteiger partial charge in [0.05, 0.1) is 17.3 Å². The van der Waals surface area contributed by atoms with Gasteiger partial charge in [-0.25, -0.2) is 14.5 Å². The number of aromatic nitrogens is 4. The van der Waals surface area contributed by atoms with Crippen molar-refractivity contribution in [2.75, 3.05) is 17.7 Å². The van der Waals surface area contributed by atoms with E-state index in [1.54, 1.807) is 60.5 Å². The van der Waals surface area contributed by atoms with Crippen molar-refractivity contribution in [2.45, 2.75) is 0 Å². The predicted molar refractivity (Wildman–Crippen MR) is 105 cm³/mol. The number of nitrogen functional groups attached to an aromatic ring is 1. The van der Waals surface area contributed by atoms with Crippen LogP contribution in [-0.2, 0) is 0 Å². The predicted octanol–water partition coefficient (Wildman–Crippen LogP) is 2.52. The molecule has 28 heavy (non-hydrogen) atoms. The first-order valence-electron chi connectivity index (χ1n) is 8.40. The number of fused-ring (bicyclic) bond motifs is 1. The number of rotatable bonds is 3. The molecule has 8 nitrogen and oxygen atoms in total. The van der Waals surface area contributed by atoms with E-state index >= 15 is 0 Å². The molecule has 4 rings (SSSR count). The van der Waals surface area contributed by atoms with Crippen molar-refractivity contribution in [3.8, 4) is 17.2 Å². The Balaban J connectivity index is 1.70. The molecule has 0 atom stereocenters. The third-order valence-corrected chi connectivity index (χ3v) is 4.39. The lowest BCUT2D eigenvalue weighted by Crippen LogP contribution is -2.27. The maximum atomic E-state index is 12.9. The van der Waals surface area contributed by atoms with Crippen LogP contribution in [0, 0.1) is 11.3 Å². The highest BCUT2D eigenvalue weighted by molar-refractivity contribution is 6.06. The molecule has 136 valence electrons. The third kappa shape index (κ3) is 3.01. The minimum atomic E-state index is -0.220. The van der Waals surface area contributed by atoms with Gasteiger partial charge in [-0.2, -0.15) is 10.4 Å². The fraction of sp³-hybridized carbons (Fsp3) is 0.0500. The number of hydrogen-bond donors (Lipinski definition) is 1. The van der Waals surface area contributed by atoms with E-state index in [0.717, 1.165) is 16.6 Å². The van der Waals surface area contributed by atoms with E-state index in [1.165, 1.54) is 11.1 Å². The fourth-order valence-electron chi connectivity index (χ4n) is 2.85. The summed E-state index contributed by atoms with van der Waals surface area (Å²) >= 11 is 0. The number of nitriles is 1. The summed E-state index contributed by atoms with van der Waals surface area (Å²) in [6.45, 7) is 0. The van der Waals surface area contributed by atoms with Crippen molar-refractivity contribution in [3.05, 3.63) is 72.3 Å². The molecule has 4 aromatic heterocycles. The van der Waals surface area contributed by atoms with Crippen LogP contribution in [0.25, 0.3) is 16.6 Å². The smallest absolute Gasteiger partial charge is 0.259 e. The number of pyridine rings is 3. The van der Waals surface area contributed by atoms with Crippen LogP contribution in [0.1, 0.15) is 15.9 Å². The van der Waals surface area contributed by atoms with Crippen LogP contribution < -0.4 is 10.6 Å². The van der Waals surface area contributed by atoms with Gasteiger partial charge in [-0.3, -0.25) is 9.69 Å². The molecular formula is C20H15N7O. The van der Waals surface area contributed by atoms with E-state index in [0.29, 0.717) is 22.8 Å². The summed E-state index contributed by atoms with van der Waals surface area (Å²) in [4.78, 5) is 22.6. The minimum absolute atomic E-state index is 0.220. The molecule has 0 saturated heterocycles. The maximum absolute atomic E-state index is 12.9. The number of carbonyl (C=O) groups excluding carboxylic acids is 1. The van der Waals surface area contributed by atoms with Crippen LogP contribution in [0.15, 0.2) is 61.2 Å². The van der Waals surface area contributed by atoms with Crippen LogP contribution in [0.2, 0.25) is 0 Å². The average molecular weight is 369 g/mol. The zero-order chi connectivity index (χ0) is 19.7. The number of anilines is 2. The highest BCUT2D eigenvalue weighted by Crippen LogP contribution is 2.25. The second kappa shape index (κ2) is 6.81.